The van der Waals surface area contributed by atoms with E-state index in [1.165, 1.54) is 0 Å². The average Bonchev–Trinajstić information content (AvgIpc) is 3.00. The van der Waals surface area contributed by atoms with E-state index in [1.54, 1.807) is 0 Å². The monoisotopic (exact) mass is 327 g/mol. The summed E-state index contributed by atoms with van der Waals surface area (Å²) in [6, 6.07) is 1.75. The van der Waals surface area contributed by atoms with Gasteiger partial charge in [0.1, 0.15) is 0 Å². The summed E-state index contributed by atoms with van der Waals surface area (Å²) >= 11 is 0. The minimum atomic E-state index is -0.776. The van der Waals surface area contributed by atoms with Crippen molar-refractivity contribution in [2.24, 2.45) is 0 Å². The third-order valence-corrected chi connectivity index (χ3v) is 5.75. The van der Waals surface area contributed by atoms with Gasteiger partial charge in [0.05, 0.1) is 12.2 Å². The number of carbonyl (C=O) groups is 1. The fourth-order valence-corrected chi connectivity index (χ4v) is 4.11. The molecule has 0 bridgehead atoms. The summed E-state index contributed by atoms with van der Waals surface area (Å²) in [6.45, 7) is 4.28. The molecule has 1 heterocycles. The molecule has 22 heavy (non-hydrogen) atoms. The third-order valence-electron chi connectivity index (χ3n) is 4.01. The Morgan fingerprint density at radius 3 is 2.95 bits per heavy atom. The Balaban J connectivity index is 1.75. The van der Waals surface area contributed by atoms with Crippen molar-refractivity contribution in [3.8, 4) is 0 Å². The van der Waals surface area contributed by atoms with Crippen molar-refractivity contribution < 1.29 is 13.5 Å². The van der Waals surface area contributed by atoms with Crippen LogP contribution in [-0.2, 0) is 23.8 Å². The van der Waals surface area contributed by atoms with Crippen molar-refractivity contribution in [2.45, 2.75) is 63.8 Å². The van der Waals surface area contributed by atoms with Gasteiger partial charge in [0.15, 0.2) is 5.76 Å². The maximum absolute atomic E-state index is 11.9. The second-order valence-electron chi connectivity index (χ2n) is 5.62. The molecule has 1 aliphatic carbocycles. The first kappa shape index (κ1) is 17.0. The van der Waals surface area contributed by atoms with Gasteiger partial charge >= 0.3 is 6.03 Å². The molecule has 1 aliphatic rings. The first-order valence-corrected chi connectivity index (χ1v) is 9.36. The Labute approximate surface area is 133 Å². The average molecular weight is 327 g/mol. The quantitative estimate of drug-likeness (QED) is 0.838. The van der Waals surface area contributed by atoms with Crippen molar-refractivity contribution in [1.82, 2.24) is 15.8 Å². The number of aryl methyl sites for hydroxylation is 1. The number of carbonyl (C=O) groups excluding carboxylic acids is 1. The van der Waals surface area contributed by atoms with Gasteiger partial charge in [-0.3, -0.25) is 4.21 Å². The van der Waals surface area contributed by atoms with Gasteiger partial charge in [0.25, 0.3) is 0 Å². The van der Waals surface area contributed by atoms with Crippen LogP contribution in [0.5, 0.6) is 0 Å². The molecule has 2 amide bonds. The molecule has 0 aromatic carbocycles. The van der Waals surface area contributed by atoms with Crippen molar-refractivity contribution in [1.29, 1.82) is 0 Å². The number of rotatable bonds is 6. The lowest BCUT2D eigenvalue weighted by Gasteiger charge is -2.29. The van der Waals surface area contributed by atoms with E-state index >= 15 is 0 Å². The molecule has 3 atom stereocenters. The van der Waals surface area contributed by atoms with Crippen molar-refractivity contribution in [3.05, 3.63) is 17.5 Å². The molecule has 1 aromatic heterocycles. The van der Waals surface area contributed by atoms with Crippen LogP contribution in [0.25, 0.3) is 0 Å². The van der Waals surface area contributed by atoms with Crippen LogP contribution in [0.15, 0.2) is 10.6 Å². The molecule has 2 N–H and O–H groups in total. The Hall–Kier alpha value is -1.37. The van der Waals surface area contributed by atoms with Crippen LogP contribution < -0.4 is 10.6 Å². The van der Waals surface area contributed by atoms with E-state index in [0.717, 1.165) is 37.8 Å². The summed E-state index contributed by atoms with van der Waals surface area (Å²) in [5.74, 6) is 1.34. The molecule has 1 aromatic rings. The lowest BCUT2D eigenvalue weighted by Crippen LogP contribution is -2.45. The minimum absolute atomic E-state index is 0.107. The second kappa shape index (κ2) is 8.31. The fourth-order valence-electron chi connectivity index (χ4n) is 2.76. The predicted octanol–water partition coefficient (Wildman–Crippen LogP) is 2.12. The Kier molecular flexibility index (Phi) is 6.42. The Morgan fingerprint density at radius 2 is 2.27 bits per heavy atom. The van der Waals surface area contributed by atoms with Crippen LogP contribution in [0.2, 0.25) is 0 Å². The summed E-state index contributed by atoms with van der Waals surface area (Å²) < 4.78 is 17.0. The van der Waals surface area contributed by atoms with Gasteiger partial charge < -0.3 is 15.2 Å². The van der Waals surface area contributed by atoms with Crippen LogP contribution in [-0.4, -0.2) is 32.4 Å². The third kappa shape index (κ3) is 4.83. The normalized spacial score (nSPS) is 23.0. The van der Waals surface area contributed by atoms with Crippen LogP contribution in [0.1, 0.15) is 51.0 Å². The Bertz CT molecular complexity index is 518. The lowest BCUT2D eigenvalue weighted by atomic mass is 9.95. The van der Waals surface area contributed by atoms with E-state index in [9.17, 15) is 9.00 Å². The zero-order valence-corrected chi connectivity index (χ0v) is 14.1. The number of nitrogens with one attached hydrogen (secondary N) is 2. The van der Waals surface area contributed by atoms with Gasteiger partial charge in [0, 0.05) is 33.9 Å². The van der Waals surface area contributed by atoms with Crippen molar-refractivity contribution in [2.75, 3.05) is 5.75 Å². The van der Waals surface area contributed by atoms with Crippen LogP contribution in [0, 0.1) is 0 Å². The standard InChI is InChI=1S/C15H25N3O3S/c1-3-11-8-13(21-18-11)10-16-15(19)17-12-6-5-7-14(9-12)22(20)4-2/h8,12,14H,3-7,9-10H2,1-2H3,(H2,16,17,19). The highest BCUT2D eigenvalue weighted by atomic mass is 32.2. The SMILES string of the molecule is CCc1cc(CNC(=O)NC2CCCC(S(=O)CC)C2)on1. The maximum atomic E-state index is 11.9. The van der Waals surface area contributed by atoms with E-state index < -0.39 is 10.8 Å². The molecule has 0 radical (unpaired) electrons. The van der Waals surface area contributed by atoms with E-state index in [1.807, 2.05) is 19.9 Å². The molecule has 0 spiro atoms. The molecule has 1 saturated carbocycles. The van der Waals surface area contributed by atoms with Crippen molar-refractivity contribution in [3.63, 3.8) is 0 Å². The molecule has 1 fully saturated rings. The lowest BCUT2D eigenvalue weighted by molar-refractivity contribution is 0.231. The summed E-state index contributed by atoms with van der Waals surface area (Å²) in [5, 5.41) is 9.85. The number of urea groups is 1. The van der Waals surface area contributed by atoms with E-state index in [2.05, 4.69) is 15.8 Å². The number of nitrogens with zero attached hydrogens (tertiary/aromatic N) is 1. The largest absolute Gasteiger partial charge is 0.359 e. The van der Waals surface area contributed by atoms with Gasteiger partial charge in [-0.1, -0.05) is 25.4 Å². The van der Waals surface area contributed by atoms with Gasteiger partial charge in [0.2, 0.25) is 0 Å². The summed E-state index contributed by atoms with van der Waals surface area (Å²) in [4.78, 5) is 11.9. The first-order valence-electron chi connectivity index (χ1n) is 7.98. The molecule has 0 aliphatic heterocycles. The molecule has 0 saturated heterocycles. The second-order valence-corrected chi connectivity index (χ2v) is 7.63. The van der Waals surface area contributed by atoms with E-state index in [-0.39, 0.29) is 17.3 Å². The molecule has 124 valence electrons. The van der Waals surface area contributed by atoms with Gasteiger partial charge in [-0.25, -0.2) is 4.79 Å². The highest BCUT2D eigenvalue weighted by Gasteiger charge is 2.26. The smallest absolute Gasteiger partial charge is 0.315 e. The summed E-state index contributed by atoms with van der Waals surface area (Å²) in [6.07, 6.45) is 4.58. The molecular weight excluding hydrogens is 302 g/mol. The van der Waals surface area contributed by atoms with Gasteiger partial charge in [-0.05, 0) is 25.7 Å². The zero-order chi connectivity index (χ0) is 15.9. The first-order chi connectivity index (χ1) is 10.6. The van der Waals surface area contributed by atoms with Gasteiger partial charge in [-0.15, -0.1) is 0 Å². The van der Waals surface area contributed by atoms with Crippen LogP contribution >= 0.6 is 0 Å². The van der Waals surface area contributed by atoms with E-state index in [4.69, 9.17) is 4.52 Å². The number of amides is 2. The summed E-state index contributed by atoms with van der Waals surface area (Å²) in [5.41, 5.74) is 0.884. The number of aromatic nitrogens is 1. The molecule has 2 rings (SSSR count). The highest BCUT2D eigenvalue weighted by molar-refractivity contribution is 7.85. The fraction of sp³-hybridized carbons (Fsp3) is 0.733. The predicted molar refractivity (Wildman–Crippen MR) is 86.0 cm³/mol. The van der Waals surface area contributed by atoms with Crippen molar-refractivity contribution >= 4 is 16.8 Å². The molecule has 7 heteroatoms. The van der Waals surface area contributed by atoms with Crippen LogP contribution in [0.3, 0.4) is 0 Å². The number of hydrogen-bond donors (Lipinski definition) is 2. The Morgan fingerprint density at radius 1 is 1.45 bits per heavy atom. The summed E-state index contributed by atoms with van der Waals surface area (Å²) in [7, 11) is -0.776. The molecular formula is C15H25N3O3S. The minimum Gasteiger partial charge on any atom is -0.359 e. The maximum Gasteiger partial charge on any atom is 0.315 e. The van der Waals surface area contributed by atoms with Crippen LogP contribution in [0.4, 0.5) is 4.79 Å². The topological polar surface area (TPSA) is 84.2 Å². The molecule has 6 nitrogen and oxygen atoms in total. The number of hydrogen-bond acceptors (Lipinski definition) is 4. The van der Waals surface area contributed by atoms with E-state index in [0.29, 0.717) is 18.1 Å². The molecule has 3 unspecified atom stereocenters. The zero-order valence-electron chi connectivity index (χ0n) is 13.3. The highest BCUT2D eigenvalue weighted by Crippen LogP contribution is 2.22. The van der Waals surface area contributed by atoms with Gasteiger partial charge in [-0.2, -0.15) is 0 Å².